The predicted molar refractivity (Wildman–Crippen MR) is 110 cm³/mol. The van der Waals surface area contributed by atoms with Gasteiger partial charge in [0.25, 0.3) is 0 Å². The maximum absolute atomic E-state index is 5.46. The van der Waals surface area contributed by atoms with E-state index in [0.717, 1.165) is 53.6 Å². The molecule has 142 valence electrons. The molecule has 0 aliphatic rings. The molecule has 0 spiro atoms. The van der Waals surface area contributed by atoms with Gasteiger partial charge in [0.1, 0.15) is 5.82 Å². The Bertz CT molecular complexity index is 902. The van der Waals surface area contributed by atoms with E-state index >= 15 is 0 Å². The van der Waals surface area contributed by atoms with Gasteiger partial charge >= 0.3 is 0 Å². The van der Waals surface area contributed by atoms with Crippen molar-refractivity contribution in [3.8, 4) is 22.6 Å². The molecule has 2 aromatic carbocycles. The van der Waals surface area contributed by atoms with Gasteiger partial charge in [-0.25, -0.2) is 4.98 Å². The van der Waals surface area contributed by atoms with E-state index < -0.39 is 0 Å². The van der Waals surface area contributed by atoms with Gasteiger partial charge < -0.3 is 19.4 Å². The van der Waals surface area contributed by atoms with Crippen molar-refractivity contribution in [1.29, 1.82) is 0 Å². The molecule has 0 saturated carbocycles. The Labute approximate surface area is 161 Å². The van der Waals surface area contributed by atoms with Crippen molar-refractivity contribution < 1.29 is 9.47 Å². The second-order valence-electron chi connectivity index (χ2n) is 6.57. The van der Waals surface area contributed by atoms with E-state index in [9.17, 15) is 0 Å². The summed E-state index contributed by atoms with van der Waals surface area (Å²) >= 11 is 0. The highest BCUT2D eigenvalue weighted by atomic mass is 16.5. The summed E-state index contributed by atoms with van der Waals surface area (Å²) in [4.78, 5) is 4.27. The van der Waals surface area contributed by atoms with Gasteiger partial charge in [0.2, 0.25) is 0 Å². The van der Waals surface area contributed by atoms with Crippen molar-refractivity contribution in [3.63, 3.8) is 0 Å². The van der Waals surface area contributed by atoms with Crippen LogP contribution in [0.15, 0.2) is 48.8 Å². The van der Waals surface area contributed by atoms with Crippen molar-refractivity contribution in [2.24, 2.45) is 0 Å². The summed E-state index contributed by atoms with van der Waals surface area (Å²) in [5.41, 5.74) is 4.61. The average Bonchev–Trinajstić information content (AvgIpc) is 3.09. The summed E-state index contributed by atoms with van der Waals surface area (Å²) in [6.07, 6.45) is 4.89. The van der Waals surface area contributed by atoms with Gasteiger partial charge in [0.05, 0.1) is 14.2 Å². The number of aromatic nitrogens is 2. The molecule has 0 bridgehead atoms. The van der Waals surface area contributed by atoms with Crippen LogP contribution < -0.4 is 14.8 Å². The van der Waals surface area contributed by atoms with Crippen LogP contribution in [-0.4, -0.2) is 30.3 Å². The second-order valence-corrected chi connectivity index (χ2v) is 6.57. The van der Waals surface area contributed by atoms with Gasteiger partial charge in [0, 0.05) is 36.7 Å². The Morgan fingerprint density at radius 3 is 2.52 bits per heavy atom. The van der Waals surface area contributed by atoms with Gasteiger partial charge in [0.15, 0.2) is 11.5 Å². The van der Waals surface area contributed by atoms with E-state index in [1.807, 2.05) is 31.5 Å². The quantitative estimate of drug-likeness (QED) is 0.589. The number of ether oxygens (including phenoxy) is 2. The molecule has 0 fully saturated rings. The number of nitrogens with one attached hydrogen (secondary N) is 1. The molecule has 5 nitrogen and oxygen atoms in total. The molecule has 0 aliphatic carbocycles. The Balaban J connectivity index is 1.76. The Hall–Kier alpha value is -2.95. The summed E-state index contributed by atoms with van der Waals surface area (Å²) in [7, 11) is 3.31. The number of hydrogen-bond acceptors (Lipinski definition) is 4. The summed E-state index contributed by atoms with van der Waals surface area (Å²) in [5.74, 6) is 2.52. The van der Waals surface area contributed by atoms with Crippen LogP contribution in [-0.2, 0) is 6.54 Å². The summed E-state index contributed by atoms with van der Waals surface area (Å²) < 4.78 is 13.0. The molecule has 1 N–H and O–H groups in total. The first-order chi connectivity index (χ1) is 13.1. The maximum atomic E-state index is 5.46. The molecular weight excluding hydrogens is 338 g/mol. The fourth-order valence-electron chi connectivity index (χ4n) is 3.17. The molecule has 5 heteroatoms. The Morgan fingerprint density at radius 1 is 1.00 bits per heavy atom. The van der Waals surface area contributed by atoms with Crippen molar-refractivity contribution in [2.75, 3.05) is 26.1 Å². The van der Waals surface area contributed by atoms with Crippen molar-refractivity contribution >= 4 is 5.69 Å². The van der Waals surface area contributed by atoms with Crippen molar-refractivity contribution in [1.82, 2.24) is 9.55 Å². The molecule has 0 saturated heterocycles. The molecule has 0 radical (unpaired) electrons. The third-order valence-electron chi connectivity index (χ3n) is 4.68. The average molecular weight is 365 g/mol. The normalized spacial score (nSPS) is 10.7. The van der Waals surface area contributed by atoms with Gasteiger partial charge in [-0.1, -0.05) is 18.2 Å². The maximum Gasteiger partial charge on any atom is 0.161 e. The molecule has 27 heavy (non-hydrogen) atoms. The summed E-state index contributed by atoms with van der Waals surface area (Å²) in [6, 6.07) is 12.5. The van der Waals surface area contributed by atoms with Crippen molar-refractivity contribution in [3.05, 3.63) is 60.2 Å². The lowest BCUT2D eigenvalue weighted by Crippen LogP contribution is -2.08. The van der Waals surface area contributed by atoms with Crippen LogP contribution in [0.4, 0.5) is 5.69 Å². The predicted octanol–water partition coefficient (Wildman–Crippen LogP) is 4.69. The number of methoxy groups -OCH3 is 2. The van der Waals surface area contributed by atoms with E-state index in [0.29, 0.717) is 0 Å². The van der Waals surface area contributed by atoms with E-state index in [4.69, 9.17) is 9.47 Å². The lowest BCUT2D eigenvalue weighted by atomic mass is 10.0. The van der Waals surface area contributed by atoms with Crippen LogP contribution in [0.1, 0.15) is 17.8 Å². The van der Waals surface area contributed by atoms with Crippen molar-refractivity contribution in [2.45, 2.75) is 26.8 Å². The lowest BCUT2D eigenvalue weighted by molar-refractivity contribution is 0.355. The van der Waals surface area contributed by atoms with Crippen LogP contribution in [0.25, 0.3) is 11.1 Å². The second kappa shape index (κ2) is 8.62. The largest absolute Gasteiger partial charge is 0.493 e. The highest BCUT2D eigenvalue weighted by Crippen LogP contribution is 2.35. The van der Waals surface area contributed by atoms with E-state index in [-0.39, 0.29) is 0 Å². The van der Waals surface area contributed by atoms with Crippen LogP contribution in [0.5, 0.6) is 11.5 Å². The smallest absolute Gasteiger partial charge is 0.161 e. The number of rotatable bonds is 8. The molecule has 3 rings (SSSR count). The van der Waals surface area contributed by atoms with Crippen LogP contribution in [0.3, 0.4) is 0 Å². The number of aryl methyl sites for hydroxylation is 3. The fourth-order valence-corrected chi connectivity index (χ4v) is 3.17. The number of anilines is 1. The zero-order valence-electron chi connectivity index (χ0n) is 16.5. The molecule has 0 unspecified atom stereocenters. The fraction of sp³-hybridized carbons (Fsp3) is 0.318. The zero-order valence-corrected chi connectivity index (χ0v) is 16.5. The highest BCUT2D eigenvalue weighted by Gasteiger charge is 2.10. The minimum absolute atomic E-state index is 0.733. The third kappa shape index (κ3) is 4.42. The standard InChI is InChI=1S/C22H27N3O2/c1-16-6-8-19(18-7-9-21(26-3)22(15-18)27-4)20(14-16)24-10-5-12-25-13-11-23-17(25)2/h6-9,11,13-15,24H,5,10,12H2,1-4H3. The minimum Gasteiger partial charge on any atom is -0.493 e. The molecular formula is C22H27N3O2. The number of benzene rings is 2. The molecule has 0 atom stereocenters. The van der Waals surface area contributed by atoms with Gasteiger partial charge in [-0.3, -0.25) is 0 Å². The Morgan fingerprint density at radius 2 is 1.81 bits per heavy atom. The van der Waals surface area contributed by atoms with Gasteiger partial charge in [-0.05, 0) is 49.6 Å². The van der Waals surface area contributed by atoms with E-state index in [1.54, 1.807) is 14.2 Å². The van der Waals surface area contributed by atoms with E-state index in [2.05, 4.69) is 46.1 Å². The van der Waals surface area contributed by atoms with Gasteiger partial charge in [-0.2, -0.15) is 0 Å². The minimum atomic E-state index is 0.733. The Kier molecular flexibility index (Phi) is 6.01. The highest BCUT2D eigenvalue weighted by molar-refractivity contribution is 5.79. The molecule has 3 aromatic rings. The van der Waals surface area contributed by atoms with Crippen LogP contribution >= 0.6 is 0 Å². The number of nitrogens with zero attached hydrogens (tertiary/aromatic N) is 2. The molecule has 1 aromatic heterocycles. The van der Waals surface area contributed by atoms with Crippen LogP contribution in [0.2, 0.25) is 0 Å². The first-order valence-corrected chi connectivity index (χ1v) is 9.17. The third-order valence-corrected chi connectivity index (χ3v) is 4.68. The monoisotopic (exact) mass is 365 g/mol. The number of imidazole rings is 1. The molecule has 1 heterocycles. The van der Waals surface area contributed by atoms with Gasteiger partial charge in [-0.15, -0.1) is 0 Å². The first-order valence-electron chi connectivity index (χ1n) is 9.17. The van der Waals surface area contributed by atoms with Crippen LogP contribution in [0, 0.1) is 13.8 Å². The first kappa shape index (κ1) is 18.8. The summed E-state index contributed by atoms with van der Waals surface area (Å²) in [5, 5.41) is 3.59. The molecule has 0 aliphatic heterocycles. The lowest BCUT2D eigenvalue weighted by Gasteiger charge is -2.15. The number of hydrogen-bond donors (Lipinski definition) is 1. The molecule has 0 amide bonds. The SMILES string of the molecule is COc1ccc(-c2ccc(C)cc2NCCCn2ccnc2C)cc1OC. The topological polar surface area (TPSA) is 48.3 Å². The summed E-state index contributed by atoms with van der Waals surface area (Å²) in [6.45, 7) is 5.99. The zero-order chi connectivity index (χ0) is 19.2. The van der Waals surface area contributed by atoms with E-state index in [1.165, 1.54) is 5.56 Å².